The molecule has 0 spiro atoms. The molecule has 2 aromatic heterocycles. The maximum Gasteiger partial charge on any atom is 0.254 e. The van der Waals surface area contributed by atoms with Crippen LogP contribution in [0.3, 0.4) is 0 Å². The van der Waals surface area contributed by atoms with Crippen molar-refractivity contribution in [2.75, 3.05) is 7.05 Å². The van der Waals surface area contributed by atoms with Gasteiger partial charge in [0, 0.05) is 26.0 Å². The lowest BCUT2D eigenvalue weighted by Gasteiger charge is -2.23. The Hall–Kier alpha value is -2.22. The van der Waals surface area contributed by atoms with E-state index in [4.69, 9.17) is 0 Å². The lowest BCUT2D eigenvalue weighted by molar-refractivity contribution is -0.145. The third kappa shape index (κ3) is 3.19. The van der Waals surface area contributed by atoms with E-state index in [1.807, 2.05) is 54.2 Å². The first-order chi connectivity index (χ1) is 11.5. The van der Waals surface area contributed by atoms with Gasteiger partial charge in [0.25, 0.3) is 5.91 Å². The minimum Gasteiger partial charge on any atom is -0.383 e. The molecule has 6 nitrogen and oxygen atoms in total. The van der Waals surface area contributed by atoms with Crippen LogP contribution in [0.2, 0.25) is 0 Å². The average molecular weight is 345 g/mol. The van der Waals surface area contributed by atoms with Crippen molar-refractivity contribution in [3.63, 3.8) is 0 Å². The molecular formula is C17H19N3O3S. The van der Waals surface area contributed by atoms with E-state index in [0.717, 1.165) is 15.9 Å². The van der Waals surface area contributed by atoms with Crippen LogP contribution in [0.25, 0.3) is 10.2 Å². The second-order valence-electron chi connectivity index (χ2n) is 5.71. The first-order valence-electron chi connectivity index (χ1n) is 7.54. The summed E-state index contributed by atoms with van der Waals surface area (Å²) in [7, 11) is 3.49. The van der Waals surface area contributed by atoms with Crippen LogP contribution in [0.4, 0.5) is 0 Å². The highest BCUT2D eigenvalue weighted by atomic mass is 32.1. The molecule has 2 unspecified atom stereocenters. The van der Waals surface area contributed by atoms with Crippen LogP contribution in [0.5, 0.6) is 0 Å². The second-order valence-corrected chi connectivity index (χ2v) is 6.78. The van der Waals surface area contributed by atoms with Crippen LogP contribution in [-0.4, -0.2) is 43.7 Å². The van der Waals surface area contributed by atoms with Gasteiger partial charge in [-0.1, -0.05) is 12.1 Å². The van der Waals surface area contributed by atoms with Crippen molar-refractivity contribution in [2.24, 2.45) is 7.05 Å². The van der Waals surface area contributed by atoms with E-state index in [2.05, 4.69) is 4.98 Å². The fourth-order valence-corrected chi connectivity index (χ4v) is 3.48. The molecule has 0 aliphatic carbocycles. The molecule has 0 saturated heterocycles. The SMILES string of the molecule is CN(Cc1cccn1C)C(=O)C(O)C(O)c1nc2ccccc2s1. The van der Waals surface area contributed by atoms with Gasteiger partial charge in [-0.15, -0.1) is 11.3 Å². The molecule has 7 heteroatoms. The van der Waals surface area contributed by atoms with Crippen molar-refractivity contribution in [1.29, 1.82) is 0 Å². The predicted molar refractivity (Wildman–Crippen MR) is 92.5 cm³/mol. The Morgan fingerprint density at radius 2 is 2.04 bits per heavy atom. The van der Waals surface area contributed by atoms with E-state index in [9.17, 15) is 15.0 Å². The zero-order valence-electron chi connectivity index (χ0n) is 13.5. The van der Waals surface area contributed by atoms with Crippen LogP contribution >= 0.6 is 11.3 Å². The summed E-state index contributed by atoms with van der Waals surface area (Å²) in [5.41, 5.74) is 1.68. The maximum absolute atomic E-state index is 12.4. The fourth-order valence-electron chi connectivity index (χ4n) is 2.49. The molecule has 1 aromatic carbocycles. The number of hydrogen-bond acceptors (Lipinski definition) is 5. The van der Waals surface area contributed by atoms with E-state index >= 15 is 0 Å². The third-order valence-electron chi connectivity index (χ3n) is 3.94. The molecule has 0 radical (unpaired) electrons. The Balaban J connectivity index is 1.73. The number of aliphatic hydroxyl groups is 2. The van der Waals surface area contributed by atoms with Crippen molar-refractivity contribution in [1.82, 2.24) is 14.5 Å². The van der Waals surface area contributed by atoms with Crippen LogP contribution in [0.15, 0.2) is 42.6 Å². The quantitative estimate of drug-likeness (QED) is 0.738. The van der Waals surface area contributed by atoms with Crippen molar-refractivity contribution < 1.29 is 15.0 Å². The zero-order valence-corrected chi connectivity index (χ0v) is 14.3. The number of nitrogens with zero attached hydrogens (tertiary/aromatic N) is 3. The molecule has 0 bridgehead atoms. The number of benzene rings is 1. The summed E-state index contributed by atoms with van der Waals surface area (Å²) < 4.78 is 2.81. The first-order valence-corrected chi connectivity index (χ1v) is 8.36. The number of hydrogen-bond donors (Lipinski definition) is 2. The zero-order chi connectivity index (χ0) is 17.3. The number of aliphatic hydroxyl groups excluding tert-OH is 2. The average Bonchev–Trinajstić information content (AvgIpc) is 3.19. The van der Waals surface area contributed by atoms with Gasteiger partial charge in [-0.3, -0.25) is 4.79 Å². The van der Waals surface area contributed by atoms with Crippen LogP contribution in [0.1, 0.15) is 16.8 Å². The molecule has 3 aromatic rings. The van der Waals surface area contributed by atoms with Gasteiger partial charge in [-0.25, -0.2) is 4.98 Å². The minimum absolute atomic E-state index is 0.337. The van der Waals surface area contributed by atoms with Crippen molar-refractivity contribution in [3.05, 3.63) is 53.3 Å². The number of thiazole rings is 1. The number of amides is 1. The Bertz CT molecular complexity index is 825. The van der Waals surface area contributed by atoms with E-state index < -0.39 is 18.1 Å². The van der Waals surface area contributed by atoms with Gasteiger partial charge < -0.3 is 19.7 Å². The molecule has 0 aliphatic heterocycles. The topological polar surface area (TPSA) is 78.6 Å². The Morgan fingerprint density at radius 1 is 1.29 bits per heavy atom. The summed E-state index contributed by atoms with van der Waals surface area (Å²) in [6.07, 6.45) is -0.998. The highest BCUT2D eigenvalue weighted by Crippen LogP contribution is 2.28. The normalized spacial score (nSPS) is 13.8. The maximum atomic E-state index is 12.4. The van der Waals surface area contributed by atoms with Gasteiger partial charge in [0.15, 0.2) is 6.10 Å². The van der Waals surface area contributed by atoms with Gasteiger partial charge in [0.05, 0.1) is 16.8 Å². The Kier molecular flexibility index (Phi) is 4.66. The molecule has 2 heterocycles. The van der Waals surface area contributed by atoms with Crippen molar-refractivity contribution >= 4 is 27.5 Å². The van der Waals surface area contributed by atoms with Crippen molar-refractivity contribution in [3.8, 4) is 0 Å². The third-order valence-corrected chi connectivity index (χ3v) is 5.05. The summed E-state index contributed by atoms with van der Waals surface area (Å²) in [5.74, 6) is -0.539. The van der Waals surface area contributed by atoms with Crippen molar-refractivity contribution in [2.45, 2.75) is 18.8 Å². The number of carbonyl (C=O) groups is 1. The van der Waals surface area contributed by atoms with Gasteiger partial charge >= 0.3 is 0 Å². The summed E-state index contributed by atoms with van der Waals surface area (Å²) in [6, 6.07) is 11.2. The molecule has 3 rings (SSSR count). The predicted octanol–water partition coefficient (Wildman–Crippen LogP) is 1.69. The number of rotatable bonds is 5. The molecule has 1 amide bonds. The number of likely N-dealkylation sites (N-methyl/N-ethyl adjacent to an activating group) is 1. The second kappa shape index (κ2) is 6.72. The monoisotopic (exact) mass is 345 g/mol. The molecule has 0 fully saturated rings. The summed E-state index contributed by atoms with van der Waals surface area (Å²) in [6.45, 7) is 0.353. The van der Waals surface area contributed by atoms with Gasteiger partial charge in [0.2, 0.25) is 0 Å². The summed E-state index contributed by atoms with van der Waals surface area (Å²) >= 11 is 1.27. The first kappa shape index (κ1) is 16.6. The molecule has 2 atom stereocenters. The van der Waals surface area contributed by atoms with Crippen LogP contribution in [0, 0.1) is 0 Å². The molecule has 0 saturated carbocycles. The summed E-state index contributed by atoms with van der Waals surface area (Å²) in [5, 5.41) is 20.9. The summed E-state index contributed by atoms with van der Waals surface area (Å²) in [4.78, 5) is 18.1. The number of carbonyl (C=O) groups excluding carboxylic acids is 1. The molecule has 0 aliphatic rings. The minimum atomic E-state index is -1.55. The van der Waals surface area contributed by atoms with Gasteiger partial charge in [0.1, 0.15) is 11.1 Å². The van der Waals surface area contributed by atoms with Gasteiger partial charge in [-0.05, 0) is 24.3 Å². The standard InChI is InChI=1S/C17H19N3O3S/c1-19-9-5-6-11(19)10-20(2)17(23)15(22)14(21)16-18-12-7-3-4-8-13(12)24-16/h3-9,14-15,21-22H,10H2,1-2H3. The lowest BCUT2D eigenvalue weighted by Crippen LogP contribution is -2.39. The molecule has 24 heavy (non-hydrogen) atoms. The number of aromatic nitrogens is 2. The number of para-hydroxylation sites is 1. The van der Waals surface area contributed by atoms with Gasteiger partial charge in [-0.2, -0.15) is 0 Å². The fraction of sp³-hybridized carbons (Fsp3) is 0.294. The molecule has 126 valence electrons. The van der Waals surface area contributed by atoms with E-state index in [-0.39, 0.29) is 0 Å². The highest BCUT2D eigenvalue weighted by molar-refractivity contribution is 7.18. The largest absolute Gasteiger partial charge is 0.383 e. The van der Waals surface area contributed by atoms with E-state index in [0.29, 0.717) is 11.6 Å². The lowest BCUT2D eigenvalue weighted by atomic mass is 10.2. The Morgan fingerprint density at radius 3 is 2.71 bits per heavy atom. The van der Waals surface area contributed by atoms with Crippen LogP contribution < -0.4 is 0 Å². The van der Waals surface area contributed by atoms with E-state index in [1.54, 1.807) is 7.05 Å². The highest BCUT2D eigenvalue weighted by Gasteiger charge is 2.30. The smallest absolute Gasteiger partial charge is 0.254 e. The molecular weight excluding hydrogens is 326 g/mol. The number of aryl methyl sites for hydroxylation is 1. The Labute approximate surface area is 143 Å². The molecule has 2 N–H and O–H groups in total. The van der Waals surface area contributed by atoms with E-state index in [1.165, 1.54) is 16.2 Å². The number of fused-ring (bicyclic) bond motifs is 1. The van der Waals surface area contributed by atoms with Crippen LogP contribution in [-0.2, 0) is 18.4 Å².